The second-order valence-corrected chi connectivity index (χ2v) is 10.7. The summed E-state index contributed by atoms with van der Waals surface area (Å²) in [7, 11) is 0. The SMILES string of the molecule is C=C(C)CN(CC)C(=O)Cn1c(=O)/c(=C/c2ccc(SC)cc2)s/c1=C\C(=O)C(C)(C)C. The Labute approximate surface area is 198 Å². The lowest BCUT2D eigenvalue weighted by molar-refractivity contribution is -0.131. The zero-order valence-electron chi connectivity index (χ0n) is 19.7. The normalized spacial score (nSPS) is 12.8. The highest BCUT2D eigenvalue weighted by Gasteiger charge is 2.21. The van der Waals surface area contributed by atoms with Crippen LogP contribution in [0.25, 0.3) is 12.2 Å². The van der Waals surface area contributed by atoms with Crippen LogP contribution in [0.3, 0.4) is 0 Å². The van der Waals surface area contributed by atoms with Gasteiger partial charge in [-0.15, -0.1) is 23.1 Å². The first-order valence-corrected chi connectivity index (χ1v) is 12.5. The van der Waals surface area contributed by atoms with E-state index in [4.69, 9.17) is 0 Å². The Morgan fingerprint density at radius 3 is 2.34 bits per heavy atom. The van der Waals surface area contributed by atoms with Gasteiger partial charge in [0.25, 0.3) is 5.56 Å². The van der Waals surface area contributed by atoms with Gasteiger partial charge in [0.05, 0.1) is 4.53 Å². The number of carbonyl (C=O) groups is 2. The van der Waals surface area contributed by atoms with Crippen molar-refractivity contribution in [3.63, 3.8) is 0 Å². The minimum Gasteiger partial charge on any atom is -0.337 e. The average Bonchev–Trinajstić information content (AvgIpc) is 3.00. The lowest BCUT2D eigenvalue weighted by Crippen LogP contribution is -2.41. The molecule has 0 unspecified atom stereocenters. The predicted molar refractivity (Wildman–Crippen MR) is 136 cm³/mol. The summed E-state index contributed by atoms with van der Waals surface area (Å²) in [4.78, 5) is 41.6. The molecule has 7 heteroatoms. The predicted octanol–water partition coefficient (Wildman–Crippen LogP) is 3.28. The minimum absolute atomic E-state index is 0.0925. The molecular formula is C25H32N2O3S2. The smallest absolute Gasteiger partial charge is 0.269 e. The largest absolute Gasteiger partial charge is 0.337 e. The Hall–Kier alpha value is -2.38. The summed E-state index contributed by atoms with van der Waals surface area (Å²) in [5.41, 5.74) is 0.916. The van der Waals surface area contributed by atoms with E-state index in [0.29, 0.717) is 22.3 Å². The maximum Gasteiger partial charge on any atom is 0.269 e. The van der Waals surface area contributed by atoms with E-state index in [0.717, 1.165) is 16.0 Å². The van der Waals surface area contributed by atoms with Gasteiger partial charge in [0.15, 0.2) is 5.78 Å². The maximum absolute atomic E-state index is 13.2. The van der Waals surface area contributed by atoms with Gasteiger partial charge in [0.2, 0.25) is 5.91 Å². The Bertz CT molecular complexity index is 1170. The van der Waals surface area contributed by atoms with Crippen molar-refractivity contribution < 1.29 is 9.59 Å². The third-order valence-electron chi connectivity index (χ3n) is 4.83. The number of thiazole rings is 1. The summed E-state index contributed by atoms with van der Waals surface area (Å²) in [6.07, 6.45) is 5.31. The first-order valence-electron chi connectivity index (χ1n) is 10.5. The number of rotatable bonds is 8. The Balaban J connectivity index is 2.59. The van der Waals surface area contributed by atoms with Crippen molar-refractivity contribution in [1.82, 2.24) is 9.47 Å². The molecule has 0 spiro atoms. The van der Waals surface area contributed by atoms with Crippen LogP contribution in [0.4, 0.5) is 0 Å². The van der Waals surface area contributed by atoms with Gasteiger partial charge < -0.3 is 4.90 Å². The van der Waals surface area contributed by atoms with Gasteiger partial charge in [-0.3, -0.25) is 19.0 Å². The van der Waals surface area contributed by atoms with Crippen LogP contribution in [0.1, 0.15) is 40.2 Å². The van der Waals surface area contributed by atoms with Crippen molar-refractivity contribution in [1.29, 1.82) is 0 Å². The number of thioether (sulfide) groups is 1. The number of amides is 1. The van der Waals surface area contributed by atoms with Crippen molar-refractivity contribution in [3.05, 3.63) is 61.5 Å². The molecule has 0 bridgehead atoms. The maximum atomic E-state index is 13.2. The van der Waals surface area contributed by atoms with Crippen molar-refractivity contribution >= 4 is 46.9 Å². The average molecular weight is 473 g/mol. The Kier molecular flexibility index (Phi) is 8.87. The van der Waals surface area contributed by atoms with E-state index in [9.17, 15) is 14.4 Å². The molecule has 0 aliphatic heterocycles. The van der Waals surface area contributed by atoms with Gasteiger partial charge in [-0.1, -0.05) is 45.1 Å². The van der Waals surface area contributed by atoms with E-state index in [2.05, 4.69) is 6.58 Å². The molecule has 1 aromatic carbocycles. The van der Waals surface area contributed by atoms with E-state index in [1.165, 1.54) is 22.0 Å². The van der Waals surface area contributed by atoms with Gasteiger partial charge in [-0.05, 0) is 43.9 Å². The number of benzene rings is 1. The number of nitrogens with zero attached hydrogens (tertiary/aromatic N) is 2. The molecule has 1 aromatic heterocycles. The molecule has 0 radical (unpaired) electrons. The summed E-state index contributed by atoms with van der Waals surface area (Å²) in [6.45, 7) is 14.0. The number of Topliss-reactive ketones (excluding diaryl/α,β-unsaturated/α-hetero) is 1. The molecule has 2 aromatic rings. The minimum atomic E-state index is -0.582. The van der Waals surface area contributed by atoms with E-state index in [1.807, 2.05) is 71.2 Å². The van der Waals surface area contributed by atoms with E-state index in [1.54, 1.807) is 16.7 Å². The lowest BCUT2D eigenvalue weighted by atomic mass is 9.91. The van der Waals surface area contributed by atoms with Crippen LogP contribution in [0, 0.1) is 5.41 Å². The fourth-order valence-electron chi connectivity index (χ4n) is 2.91. The van der Waals surface area contributed by atoms with Crippen LogP contribution >= 0.6 is 23.1 Å². The summed E-state index contributed by atoms with van der Waals surface area (Å²) < 4.78 is 2.40. The zero-order valence-corrected chi connectivity index (χ0v) is 21.4. The molecule has 32 heavy (non-hydrogen) atoms. The van der Waals surface area contributed by atoms with Gasteiger partial charge in [0.1, 0.15) is 11.2 Å². The molecule has 0 atom stereocenters. The lowest BCUT2D eigenvalue weighted by Gasteiger charge is -2.21. The number of hydrogen-bond acceptors (Lipinski definition) is 5. The van der Waals surface area contributed by atoms with Crippen LogP contribution < -0.4 is 14.8 Å². The van der Waals surface area contributed by atoms with Crippen molar-refractivity contribution in [3.8, 4) is 0 Å². The molecule has 1 amide bonds. The molecule has 172 valence electrons. The Morgan fingerprint density at radius 1 is 1.22 bits per heavy atom. The van der Waals surface area contributed by atoms with Crippen molar-refractivity contribution in [2.24, 2.45) is 5.41 Å². The van der Waals surface area contributed by atoms with Crippen LogP contribution in [-0.4, -0.2) is 40.5 Å². The Morgan fingerprint density at radius 2 is 1.84 bits per heavy atom. The molecule has 0 fully saturated rings. The fraction of sp³-hybridized carbons (Fsp3) is 0.400. The van der Waals surface area contributed by atoms with Gasteiger partial charge in [-0.25, -0.2) is 0 Å². The third-order valence-corrected chi connectivity index (χ3v) is 6.64. The van der Waals surface area contributed by atoms with Crippen LogP contribution in [0.5, 0.6) is 0 Å². The van der Waals surface area contributed by atoms with Crippen LogP contribution in [0.2, 0.25) is 0 Å². The molecule has 0 N–H and O–H groups in total. The third kappa shape index (κ3) is 6.81. The summed E-state index contributed by atoms with van der Waals surface area (Å²) in [6, 6.07) is 7.91. The van der Waals surface area contributed by atoms with E-state index in [-0.39, 0.29) is 23.8 Å². The highest BCUT2D eigenvalue weighted by molar-refractivity contribution is 7.98. The van der Waals surface area contributed by atoms with Crippen molar-refractivity contribution in [2.45, 2.75) is 46.1 Å². The summed E-state index contributed by atoms with van der Waals surface area (Å²) in [5, 5.41) is 0. The number of aromatic nitrogens is 1. The number of carbonyl (C=O) groups excluding carboxylic acids is 2. The number of ketones is 1. The van der Waals surface area contributed by atoms with E-state index < -0.39 is 5.41 Å². The fourth-order valence-corrected chi connectivity index (χ4v) is 4.36. The quantitative estimate of drug-likeness (QED) is 0.437. The first kappa shape index (κ1) is 25.9. The number of hydrogen-bond donors (Lipinski definition) is 0. The van der Waals surface area contributed by atoms with E-state index >= 15 is 0 Å². The summed E-state index contributed by atoms with van der Waals surface area (Å²) in [5.74, 6) is -0.269. The van der Waals surface area contributed by atoms with Gasteiger partial charge >= 0.3 is 0 Å². The number of likely N-dealkylation sites (N-methyl/N-ethyl adjacent to an activating group) is 1. The van der Waals surface area contributed by atoms with Crippen LogP contribution in [0.15, 0.2) is 46.1 Å². The standard InChI is InChI=1S/C25H32N2O3S2/c1-8-26(15-17(2)3)22(29)16-27-23(14-21(28)25(4,5)6)32-20(24(27)30)13-18-9-11-19(31-7)12-10-18/h9-14H,2,8,15-16H2,1,3-7H3/b20-13-,23-14-. The molecule has 1 heterocycles. The zero-order chi connectivity index (χ0) is 24.1. The van der Waals surface area contributed by atoms with Crippen LogP contribution in [-0.2, 0) is 16.1 Å². The molecule has 2 rings (SSSR count). The molecule has 0 saturated heterocycles. The highest BCUT2D eigenvalue weighted by Crippen LogP contribution is 2.16. The molecule has 0 aliphatic carbocycles. The second kappa shape index (κ2) is 11.0. The van der Waals surface area contributed by atoms with Gasteiger partial charge in [-0.2, -0.15) is 0 Å². The molecular weight excluding hydrogens is 440 g/mol. The molecule has 0 aliphatic rings. The highest BCUT2D eigenvalue weighted by atomic mass is 32.2. The monoisotopic (exact) mass is 472 g/mol. The second-order valence-electron chi connectivity index (χ2n) is 8.74. The molecule has 5 nitrogen and oxygen atoms in total. The van der Waals surface area contributed by atoms with Gasteiger partial charge in [0, 0.05) is 29.5 Å². The molecule has 0 saturated carbocycles. The summed E-state index contributed by atoms with van der Waals surface area (Å²) >= 11 is 2.89. The topological polar surface area (TPSA) is 59.4 Å². The first-order chi connectivity index (χ1) is 15.0. The van der Waals surface area contributed by atoms with Crippen molar-refractivity contribution in [2.75, 3.05) is 19.3 Å².